The lowest BCUT2D eigenvalue weighted by Gasteiger charge is -2.10. The van der Waals surface area contributed by atoms with E-state index in [9.17, 15) is 22.4 Å². The summed E-state index contributed by atoms with van der Waals surface area (Å²) in [5, 5.41) is 0. The topological polar surface area (TPSA) is 35.5 Å². The zero-order chi connectivity index (χ0) is 13.8. The summed E-state index contributed by atoms with van der Waals surface area (Å²) in [6.07, 6.45) is -4.60. The largest absolute Gasteiger partial charge is 0.479 e. The standard InChI is InChI=1S/C11H10F4O3/c1-2-17-10(16)6-18-9-5-7(11(13,14)15)3-4-8(9)12/h3-5H,2,6H2,1H3. The Morgan fingerprint density at radius 1 is 1.33 bits per heavy atom. The number of hydrogen-bond acceptors (Lipinski definition) is 3. The predicted molar refractivity (Wildman–Crippen MR) is 53.5 cm³/mol. The first-order chi connectivity index (χ1) is 8.34. The Kier molecular flexibility index (Phi) is 4.52. The first-order valence-electron chi connectivity index (χ1n) is 4.99. The van der Waals surface area contributed by atoms with Crippen LogP contribution in [0, 0.1) is 5.82 Å². The smallest absolute Gasteiger partial charge is 0.416 e. The lowest BCUT2D eigenvalue weighted by atomic mass is 10.2. The van der Waals surface area contributed by atoms with Gasteiger partial charge in [-0.25, -0.2) is 9.18 Å². The van der Waals surface area contributed by atoms with Crippen LogP contribution in [0.15, 0.2) is 18.2 Å². The molecule has 0 radical (unpaired) electrons. The fourth-order valence-electron chi connectivity index (χ4n) is 1.13. The summed E-state index contributed by atoms with van der Waals surface area (Å²) >= 11 is 0. The maximum absolute atomic E-state index is 13.1. The number of halogens is 4. The number of esters is 1. The monoisotopic (exact) mass is 266 g/mol. The number of alkyl halides is 3. The zero-order valence-corrected chi connectivity index (χ0v) is 9.38. The van der Waals surface area contributed by atoms with Crippen LogP contribution in [0.25, 0.3) is 0 Å². The highest BCUT2D eigenvalue weighted by atomic mass is 19.4. The van der Waals surface area contributed by atoms with E-state index in [0.717, 1.165) is 0 Å². The maximum Gasteiger partial charge on any atom is 0.416 e. The predicted octanol–water partition coefficient (Wildman–Crippen LogP) is 2.79. The van der Waals surface area contributed by atoms with Crippen molar-refractivity contribution in [2.24, 2.45) is 0 Å². The Morgan fingerprint density at radius 3 is 2.56 bits per heavy atom. The summed E-state index contributed by atoms with van der Waals surface area (Å²) in [7, 11) is 0. The minimum absolute atomic E-state index is 0.104. The third-order valence-corrected chi connectivity index (χ3v) is 1.91. The van der Waals surface area contributed by atoms with Crippen LogP contribution in [0.2, 0.25) is 0 Å². The third-order valence-electron chi connectivity index (χ3n) is 1.91. The van der Waals surface area contributed by atoms with Crippen LogP contribution in [0.3, 0.4) is 0 Å². The van der Waals surface area contributed by atoms with Crippen LogP contribution < -0.4 is 4.74 Å². The van der Waals surface area contributed by atoms with Crippen molar-refractivity contribution >= 4 is 5.97 Å². The van der Waals surface area contributed by atoms with Gasteiger partial charge < -0.3 is 9.47 Å². The lowest BCUT2D eigenvalue weighted by Crippen LogP contribution is -2.15. The average Bonchev–Trinajstić information content (AvgIpc) is 2.26. The van der Waals surface area contributed by atoms with Gasteiger partial charge in [-0.1, -0.05) is 0 Å². The SMILES string of the molecule is CCOC(=O)COc1cc(C(F)(F)F)ccc1F. The molecule has 0 saturated heterocycles. The Morgan fingerprint density at radius 2 is 2.00 bits per heavy atom. The molecule has 18 heavy (non-hydrogen) atoms. The molecule has 0 unspecified atom stereocenters. The highest BCUT2D eigenvalue weighted by molar-refractivity contribution is 5.71. The maximum atomic E-state index is 13.1. The van der Waals surface area contributed by atoms with Gasteiger partial charge >= 0.3 is 12.1 Å². The summed E-state index contributed by atoms with van der Waals surface area (Å²) in [6, 6.07) is 1.71. The molecular formula is C11H10F4O3. The minimum atomic E-state index is -4.60. The van der Waals surface area contributed by atoms with Gasteiger partial charge in [-0.05, 0) is 25.1 Å². The molecule has 0 amide bonds. The lowest BCUT2D eigenvalue weighted by molar-refractivity contribution is -0.145. The van der Waals surface area contributed by atoms with E-state index in [1.54, 1.807) is 6.92 Å². The molecule has 0 heterocycles. The molecule has 0 aromatic heterocycles. The van der Waals surface area contributed by atoms with Crippen molar-refractivity contribution in [1.29, 1.82) is 0 Å². The molecule has 0 fully saturated rings. The van der Waals surface area contributed by atoms with E-state index in [4.69, 9.17) is 0 Å². The molecule has 3 nitrogen and oxygen atoms in total. The Bertz CT molecular complexity index is 429. The molecule has 100 valence electrons. The number of carbonyl (C=O) groups excluding carboxylic acids is 1. The van der Waals surface area contributed by atoms with Gasteiger partial charge in [0.2, 0.25) is 0 Å². The van der Waals surface area contributed by atoms with Gasteiger partial charge in [0.1, 0.15) is 0 Å². The Balaban J connectivity index is 2.79. The molecule has 0 spiro atoms. The van der Waals surface area contributed by atoms with Crippen LogP contribution in [0.4, 0.5) is 17.6 Å². The van der Waals surface area contributed by atoms with Crippen molar-refractivity contribution in [3.05, 3.63) is 29.6 Å². The normalized spacial score (nSPS) is 11.2. The second-order valence-corrected chi connectivity index (χ2v) is 3.24. The van der Waals surface area contributed by atoms with Crippen LogP contribution >= 0.6 is 0 Å². The first kappa shape index (κ1) is 14.3. The van der Waals surface area contributed by atoms with Crippen LogP contribution in [0.1, 0.15) is 12.5 Å². The molecular weight excluding hydrogens is 256 g/mol. The molecule has 0 atom stereocenters. The van der Waals surface area contributed by atoms with Gasteiger partial charge in [0.05, 0.1) is 12.2 Å². The first-order valence-corrected chi connectivity index (χ1v) is 4.99. The zero-order valence-electron chi connectivity index (χ0n) is 9.38. The summed E-state index contributed by atoms with van der Waals surface area (Å²) in [4.78, 5) is 10.9. The van der Waals surface area contributed by atoms with Gasteiger partial charge in [0.25, 0.3) is 0 Å². The summed E-state index contributed by atoms with van der Waals surface area (Å²) in [5.41, 5.74) is -1.05. The van der Waals surface area contributed by atoms with Crippen molar-refractivity contribution in [3.8, 4) is 5.75 Å². The van der Waals surface area contributed by atoms with Crippen LogP contribution in [0.5, 0.6) is 5.75 Å². The van der Waals surface area contributed by atoms with Gasteiger partial charge in [0, 0.05) is 0 Å². The summed E-state index contributed by atoms with van der Waals surface area (Å²) < 4.78 is 59.3. The molecule has 0 saturated carbocycles. The second-order valence-electron chi connectivity index (χ2n) is 3.24. The number of hydrogen-bond donors (Lipinski definition) is 0. The number of ether oxygens (including phenoxy) is 2. The van der Waals surface area contributed by atoms with Gasteiger partial charge in [0.15, 0.2) is 18.2 Å². The van der Waals surface area contributed by atoms with E-state index in [-0.39, 0.29) is 6.61 Å². The minimum Gasteiger partial charge on any atom is -0.479 e. The summed E-state index contributed by atoms with van der Waals surface area (Å²) in [5.74, 6) is -2.40. The fraction of sp³-hybridized carbons (Fsp3) is 0.364. The highest BCUT2D eigenvalue weighted by Gasteiger charge is 2.31. The molecule has 0 aliphatic rings. The molecule has 0 aliphatic heterocycles. The molecule has 1 aromatic carbocycles. The third kappa shape index (κ3) is 3.90. The van der Waals surface area contributed by atoms with Crippen molar-refractivity contribution < 1.29 is 31.8 Å². The Hall–Kier alpha value is -1.79. The number of benzene rings is 1. The fourth-order valence-corrected chi connectivity index (χ4v) is 1.13. The van der Waals surface area contributed by atoms with Gasteiger partial charge in [-0.3, -0.25) is 0 Å². The molecule has 0 aliphatic carbocycles. The van der Waals surface area contributed by atoms with Crippen molar-refractivity contribution in [3.63, 3.8) is 0 Å². The van der Waals surface area contributed by atoms with Crippen molar-refractivity contribution in [2.45, 2.75) is 13.1 Å². The summed E-state index contributed by atoms with van der Waals surface area (Å²) in [6.45, 7) is 1.02. The van der Waals surface area contributed by atoms with E-state index >= 15 is 0 Å². The van der Waals surface area contributed by atoms with E-state index in [1.165, 1.54) is 0 Å². The van der Waals surface area contributed by atoms with E-state index in [1.807, 2.05) is 0 Å². The van der Waals surface area contributed by atoms with E-state index in [2.05, 4.69) is 9.47 Å². The van der Waals surface area contributed by atoms with Crippen LogP contribution in [-0.4, -0.2) is 19.2 Å². The quantitative estimate of drug-likeness (QED) is 0.621. The van der Waals surface area contributed by atoms with Crippen LogP contribution in [-0.2, 0) is 15.7 Å². The highest BCUT2D eigenvalue weighted by Crippen LogP contribution is 2.32. The van der Waals surface area contributed by atoms with E-state index in [0.29, 0.717) is 18.2 Å². The Labute approximate surface area is 100 Å². The van der Waals surface area contributed by atoms with Crippen molar-refractivity contribution in [1.82, 2.24) is 0 Å². The molecule has 7 heteroatoms. The van der Waals surface area contributed by atoms with Crippen molar-refractivity contribution in [2.75, 3.05) is 13.2 Å². The molecule has 0 bridgehead atoms. The van der Waals surface area contributed by atoms with E-state index < -0.39 is 35.9 Å². The average molecular weight is 266 g/mol. The molecule has 1 rings (SSSR count). The number of carbonyl (C=O) groups is 1. The molecule has 0 N–H and O–H groups in total. The second kappa shape index (κ2) is 5.70. The van der Waals surface area contributed by atoms with Gasteiger partial charge in [-0.15, -0.1) is 0 Å². The van der Waals surface area contributed by atoms with Gasteiger partial charge in [-0.2, -0.15) is 13.2 Å². The number of rotatable bonds is 4. The molecule has 1 aromatic rings.